The second-order valence-corrected chi connectivity index (χ2v) is 8.25. The number of hydrogen-bond acceptors (Lipinski definition) is 4. The van der Waals surface area contributed by atoms with Gasteiger partial charge in [-0.25, -0.2) is 4.79 Å². The normalized spacial score (nSPS) is 11.0. The van der Waals surface area contributed by atoms with Crippen LogP contribution in [0, 0.1) is 13.8 Å². The van der Waals surface area contributed by atoms with Crippen molar-refractivity contribution in [3.8, 4) is 0 Å². The molecule has 0 fully saturated rings. The van der Waals surface area contributed by atoms with E-state index in [0.29, 0.717) is 0 Å². The lowest BCUT2D eigenvalue weighted by Gasteiger charge is -2.19. The van der Waals surface area contributed by atoms with E-state index in [0.717, 1.165) is 28.3 Å². The highest BCUT2D eigenvalue weighted by Gasteiger charge is 2.15. The molecule has 0 aromatic heterocycles. The summed E-state index contributed by atoms with van der Waals surface area (Å²) in [6.45, 7) is 18.2. The van der Waals surface area contributed by atoms with E-state index in [4.69, 9.17) is 4.99 Å². The van der Waals surface area contributed by atoms with Crippen molar-refractivity contribution in [1.82, 2.24) is 4.72 Å². The van der Waals surface area contributed by atoms with Crippen LogP contribution in [0.1, 0.15) is 75.5 Å². The van der Waals surface area contributed by atoms with Gasteiger partial charge in [-0.15, -0.1) is 0 Å². The minimum atomic E-state index is -0.925. The summed E-state index contributed by atoms with van der Waals surface area (Å²) in [5.74, 6) is -0.925. The third kappa shape index (κ3) is 11.7. The van der Waals surface area contributed by atoms with E-state index in [1.807, 2.05) is 72.7 Å². The summed E-state index contributed by atoms with van der Waals surface area (Å²) in [5, 5.41) is 9.24. The Hall–Kier alpha value is -2.89. The van der Waals surface area contributed by atoms with Gasteiger partial charge in [-0.2, -0.15) is 0 Å². The van der Waals surface area contributed by atoms with E-state index in [9.17, 15) is 9.90 Å². The van der Waals surface area contributed by atoms with Crippen LogP contribution in [0.4, 0.5) is 5.69 Å². The molecule has 1 unspecified atom stereocenters. The van der Waals surface area contributed by atoms with Crippen LogP contribution in [-0.2, 0) is 6.42 Å². The highest BCUT2D eigenvalue weighted by atomic mass is 32.2. The molecule has 0 bridgehead atoms. The summed E-state index contributed by atoms with van der Waals surface area (Å²) in [7, 11) is 0. The summed E-state index contributed by atoms with van der Waals surface area (Å²) < 4.78 is 3.50. The fourth-order valence-corrected chi connectivity index (χ4v) is 4.00. The topological polar surface area (TPSA) is 61.7 Å². The van der Waals surface area contributed by atoms with Crippen molar-refractivity contribution in [2.75, 3.05) is 0 Å². The number of aromatic carboxylic acids is 1. The summed E-state index contributed by atoms with van der Waals surface area (Å²) in [6.07, 6.45) is 0.786. The molecule has 3 aromatic rings. The molecule has 0 saturated carbocycles. The molecule has 0 saturated heterocycles. The molecule has 4 nitrogen and oxygen atoms in total. The third-order valence-electron chi connectivity index (χ3n) is 4.84. The van der Waals surface area contributed by atoms with Gasteiger partial charge in [-0.3, -0.25) is 9.71 Å². The van der Waals surface area contributed by atoms with Gasteiger partial charge in [0, 0.05) is 10.6 Å². The van der Waals surface area contributed by atoms with Gasteiger partial charge in [0.25, 0.3) is 0 Å². The molecule has 2 N–H and O–H groups in total. The lowest BCUT2D eigenvalue weighted by molar-refractivity contribution is 0.0696. The first-order chi connectivity index (χ1) is 17.4. The molecule has 1 atom stereocenters. The third-order valence-corrected chi connectivity index (χ3v) is 5.73. The van der Waals surface area contributed by atoms with Crippen molar-refractivity contribution >= 4 is 29.3 Å². The van der Waals surface area contributed by atoms with Crippen molar-refractivity contribution in [3.63, 3.8) is 0 Å². The number of benzene rings is 3. The van der Waals surface area contributed by atoms with Gasteiger partial charge in [-0.1, -0.05) is 95.6 Å². The highest BCUT2D eigenvalue weighted by molar-refractivity contribution is 7.97. The maximum atomic E-state index is 11.3. The smallest absolute Gasteiger partial charge is 0.335 e. The molecule has 5 heteroatoms. The lowest BCUT2D eigenvalue weighted by atomic mass is 10.0. The number of hydrogen-bond donors (Lipinski definition) is 2. The molecule has 196 valence electrons. The van der Waals surface area contributed by atoms with Crippen molar-refractivity contribution in [1.29, 1.82) is 0 Å². The van der Waals surface area contributed by atoms with Gasteiger partial charge in [-0.05, 0) is 74.5 Å². The fraction of sp³-hybridized carbons (Fsp3) is 0.355. The number of rotatable bonds is 8. The van der Waals surface area contributed by atoms with Crippen LogP contribution in [0.3, 0.4) is 0 Å². The number of para-hydroxylation sites is 1. The Morgan fingerprint density at radius 2 is 1.53 bits per heavy atom. The average molecular weight is 509 g/mol. The second-order valence-electron chi connectivity index (χ2n) is 7.34. The van der Waals surface area contributed by atoms with Gasteiger partial charge >= 0.3 is 5.97 Å². The Balaban J connectivity index is 0.00000190. The van der Waals surface area contributed by atoms with Crippen LogP contribution in [0.25, 0.3) is 0 Å². The molecule has 0 aliphatic carbocycles. The van der Waals surface area contributed by atoms with E-state index in [-0.39, 0.29) is 11.6 Å². The van der Waals surface area contributed by atoms with Crippen molar-refractivity contribution in [2.24, 2.45) is 4.99 Å². The summed E-state index contributed by atoms with van der Waals surface area (Å²) in [4.78, 5) is 17.0. The fourth-order valence-electron chi connectivity index (χ4n) is 3.14. The largest absolute Gasteiger partial charge is 0.478 e. The summed E-state index contributed by atoms with van der Waals surface area (Å²) >= 11 is 1.43. The van der Waals surface area contributed by atoms with Gasteiger partial charge in [0.15, 0.2) is 0 Å². The first-order valence-corrected chi connectivity index (χ1v) is 13.7. The molecular formula is C31H44N2O2S. The number of aryl methyl sites for hydroxylation is 2. The summed E-state index contributed by atoms with van der Waals surface area (Å²) in [5.41, 5.74) is 5.81. The Labute approximate surface area is 223 Å². The first-order valence-electron chi connectivity index (χ1n) is 12.8. The number of nitrogens with zero attached hydrogens (tertiary/aromatic N) is 1. The van der Waals surface area contributed by atoms with Crippen molar-refractivity contribution in [2.45, 2.75) is 79.7 Å². The average Bonchev–Trinajstić information content (AvgIpc) is 2.91. The zero-order valence-corrected chi connectivity index (χ0v) is 24.2. The number of carbonyl (C=O) groups is 1. The van der Waals surface area contributed by atoms with Crippen molar-refractivity contribution < 1.29 is 9.90 Å². The predicted octanol–water partition coefficient (Wildman–Crippen LogP) is 9.08. The zero-order valence-electron chi connectivity index (χ0n) is 23.4. The van der Waals surface area contributed by atoms with Gasteiger partial charge in [0.1, 0.15) is 0 Å². The second kappa shape index (κ2) is 19.3. The lowest BCUT2D eigenvalue weighted by Crippen LogP contribution is -2.33. The minimum Gasteiger partial charge on any atom is -0.478 e. The Morgan fingerprint density at radius 1 is 0.889 bits per heavy atom. The number of nitrogens with one attached hydrogen (secondary N) is 1. The van der Waals surface area contributed by atoms with E-state index in [1.54, 1.807) is 18.2 Å². The monoisotopic (exact) mass is 508 g/mol. The van der Waals surface area contributed by atoms with Crippen molar-refractivity contribution in [3.05, 3.63) is 95.1 Å². The molecule has 36 heavy (non-hydrogen) atoms. The van der Waals surface area contributed by atoms with E-state index in [1.165, 1.54) is 23.1 Å². The molecule has 3 aromatic carbocycles. The van der Waals surface area contributed by atoms with E-state index >= 15 is 0 Å². The van der Waals surface area contributed by atoms with Gasteiger partial charge in [0.2, 0.25) is 0 Å². The van der Waals surface area contributed by atoms with Crippen LogP contribution >= 0.6 is 11.9 Å². The molecule has 0 aliphatic rings. The van der Waals surface area contributed by atoms with Crippen LogP contribution in [0.2, 0.25) is 0 Å². The number of carboxylic acids is 1. The van der Waals surface area contributed by atoms with Crippen LogP contribution in [0.15, 0.2) is 82.7 Å². The Bertz CT molecular complexity index is 1060. The van der Waals surface area contributed by atoms with E-state index < -0.39 is 5.97 Å². The molecule has 0 heterocycles. The van der Waals surface area contributed by atoms with E-state index in [2.05, 4.69) is 48.9 Å². The maximum absolute atomic E-state index is 11.3. The SMILES string of the molecule is CC.CC.CC.CC(=Nc1ccccc1C)C(Cc1cccc(C)c1)NSc1cccc(C(=O)O)c1. The van der Waals surface area contributed by atoms with Crippen LogP contribution in [0.5, 0.6) is 0 Å². The first kappa shape index (κ1) is 33.1. The van der Waals surface area contributed by atoms with Crippen LogP contribution < -0.4 is 4.72 Å². The highest BCUT2D eigenvalue weighted by Crippen LogP contribution is 2.22. The Morgan fingerprint density at radius 3 is 2.14 bits per heavy atom. The Kier molecular flexibility index (Phi) is 17.8. The minimum absolute atomic E-state index is 0.00936. The predicted molar refractivity (Wildman–Crippen MR) is 159 cm³/mol. The summed E-state index contributed by atoms with van der Waals surface area (Å²) in [6, 6.07) is 23.5. The molecule has 3 rings (SSSR count). The zero-order chi connectivity index (χ0) is 27.5. The molecule has 0 radical (unpaired) electrons. The molecule has 0 amide bonds. The molecular weight excluding hydrogens is 464 g/mol. The van der Waals surface area contributed by atoms with Crippen LogP contribution in [-0.4, -0.2) is 22.8 Å². The molecule has 0 aliphatic heterocycles. The maximum Gasteiger partial charge on any atom is 0.335 e. The standard InChI is InChI=1S/C25H26N2O2S.3C2H6/c1-17-8-6-10-20(14-17)15-24(19(3)26-23-13-5-4-9-18(23)2)27-30-22-12-7-11-21(16-22)25(28)29;3*1-2/h4-14,16,24,27H,15H2,1-3H3,(H,28,29);3*1-2H3. The van der Waals surface area contributed by atoms with Gasteiger partial charge in [0.05, 0.1) is 17.3 Å². The van der Waals surface area contributed by atoms with Gasteiger partial charge < -0.3 is 5.11 Å². The quantitative estimate of drug-likeness (QED) is 0.235. The number of carboxylic acid groups (broad SMARTS) is 1. The number of aliphatic imine (C=N–C) groups is 1. The molecule has 0 spiro atoms.